The first-order valence-corrected chi connectivity index (χ1v) is 5.77. The number of carboxylic acid groups (broad SMARTS) is 1. The number of amides is 1. The van der Waals surface area contributed by atoms with E-state index in [-0.39, 0.29) is 5.57 Å². The van der Waals surface area contributed by atoms with Crippen LogP contribution in [-0.4, -0.2) is 28.0 Å². The van der Waals surface area contributed by atoms with E-state index in [4.69, 9.17) is 10.4 Å². The molecule has 0 spiro atoms. The SMILES string of the molecule is Cc1ccc(N/C=C(/C#N)C(=O)NC(C)C(=O)O)nc1. The van der Waals surface area contributed by atoms with Crippen LogP contribution < -0.4 is 10.6 Å². The van der Waals surface area contributed by atoms with E-state index in [9.17, 15) is 9.59 Å². The van der Waals surface area contributed by atoms with E-state index >= 15 is 0 Å². The van der Waals surface area contributed by atoms with Crippen LogP contribution in [0.1, 0.15) is 12.5 Å². The predicted octanol–water partition coefficient (Wildman–Crippen LogP) is 0.799. The number of nitrogens with one attached hydrogen (secondary N) is 2. The minimum Gasteiger partial charge on any atom is -0.480 e. The van der Waals surface area contributed by atoms with Gasteiger partial charge in [0.1, 0.15) is 23.5 Å². The summed E-state index contributed by atoms with van der Waals surface area (Å²) in [7, 11) is 0. The Morgan fingerprint density at radius 2 is 2.20 bits per heavy atom. The van der Waals surface area contributed by atoms with Gasteiger partial charge < -0.3 is 15.7 Å². The molecule has 0 aliphatic heterocycles. The fourth-order valence-electron chi connectivity index (χ4n) is 1.18. The van der Waals surface area contributed by atoms with E-state index in [1.54, 1.807) is 18.3 Å². The lowest BCUT2D eigenvalue weighted by Gasteiger charge is -2.08. The molecule has 1 amide bonds. The molecular weight excluding hydrogens is 260 g/mol. The van der Waals surface area contributed by atoms with Gasteiger partial charge in [-0.3, -0.25) is 9.59 Å². The molecule has 0 aliphatic rings. The first-order valence-electron chi connectivity index (χ1n) is 5.77. The molecule has 0 aliphatic carbocycles. The number of aromatic nitrogens is 1. The molecule has 7 nitrogen and oxygen atoms in total. The van der Waals surface area contributed by atoms with Crippen LogP contribution in [0.4, 0.5) is 5.82 Å². The van der Waals surface area contributed by atoms with Gasteiger partial charge in [-0.25, -0.2) is 4.98 Å². The van der Waals surface area contributed by atoms with Crippen LogP contribution in [0.5, 0.6) is 0 Å². The number of nitriles is 1. The summed E-state index contributed by atoms with van der Waals surface area (Å²) >= 11 is 0. The van der Waals surface area contributed by atoms with Crippen LogP contribution >= 0.6 is 0 Å². The van der Waals surface area contributed by atoms with E-state index < -0.39 is 17.9 Å². The molecular formula is C13H14N4O3. The number of carboxylic acids is 1. The summed E-state index contributed by atoms with van der Waals surface area (Å²) in [6, 6.07) is 4.14. The molecule has 1 unspecified atom stereocenters. The van der Waals surface area contributed by atoms with E-state index in [2.05, 4.69) is 15.6 Å². The second-order valence-corrected chi connectivity index (χ2v) is 4.07. The lowest BCUT2D eigenvalue weighted by molar-refractivity contribution is -0.140. The average molecular weight is 274 g/mol. The zero-order valence-corrected chi connectivity index (χ0v) is 11.0. The zero-order chi connectivity index (χ0) is 15.1. The summed E-state index contributed by atoms with van der Waals surface area (Å²) < 4.78 is 0. The lowest BCUT2D eigenvalue weighted by Crippen LogP contribution is -2.39. The van der Waals surface area contributed by atoms with E-state index in [1.807, 2.05) is 13.0 Å². The second kappa shape index (κ2) is 6.89. The first kappa shape index (κ1) is 15.2. The quantitative estimate of drug-likeness (QED) is 0.540. The molecule has 0 bridgehead atoms. The van der Waals surface area contributed by atoms with Gasteiger partial charge in [-0.2, -0.15) is 5.26 Å². The van der Waals surface area contributed by atoms with Crippen molar-refractivity contribution >= 4 is 17.7 Å². The highest BCUT2D eigenvalue weighted by atomic mass is 16.4. The van der Waals surface area contributed by atoms with E-state index in [0.29, 0.717) is 5.82 Å². The van der Waals surface area contributed by atoms with Crippen molar-refractivity contribution in [3.8, 4) is 6.07 Å². The molecule has 1 aromatic rings. The molecule has 1 heterocycles. The molecule has 0 saturated heterocycles. The molecule has 1 atom stereocenters. The van der Waals surface area contributed by atoms with E-state index in [0.717, 1.165) is 5.56 Å². The topological polar surface area (TPSA) is 115 Å². The van der Waals surface area contributed by atoms with Gasteiger partial charge >= 0.3 is 5.97 Å². The lowest BCUT2D eigenvalue weighted by atomic mass is 10.2. The van der Waals surface area contributed by atoms with Crippen LogP contribution in [0.2, 0.25) is 0 Å². The van der Waals surface area contributed by atoms with Crippen molar-refractivity contribution < 1.29 is 14.7 Å². The van der Waals surface area contributed by atoms with Crippen molar-refractivity contribution in [3.05, 3.63) is 35.7 Å². The normalized spacial score (nSPS) is 12.2. The first-order chi connectivity index (χ1) is 9.43. The third-order valence-corrected chi connectivity index (χ3v) is 2.36. The largest absolute Gasteiger partial charge is 0.480 e. The van der Waals surface area contributed by atoms with Gasteiger partial charge in [0.2, 0.25) is 0 Å². The summed E-state index contributed by atoms with van der Waals surface area (Å²) in [6.45, 7) is 3.19. The van der Waals surface area contributed by atoms with E-state index in [1.165, 1.54) is 13.1 Å². The Hall–Kier alpha value is -2.88. The number of carbonyl (C=O) groups excluding carboxylic acids is 1. The van der Waals surface area contributed by atoms with Crippen molar-refractivity contribution in [3.63, 3.8) is 0 Å². The van der Waals surface area contributed by atoms with Crippen LogP contribution in [-0.2, 0) is 9.59 Å². The summed E-state index contributed by atoms with van der Waals surface area (Å²) in [4.78, 5) is 26.3. The van der Waals surface area contributed by atoms with Crippen molar-refractivity contribution in [1.29, 1.82) is 5.26 Å². The van der Waals surface area contributed by atoms with Crippen LogP contribution in [0.25, 0.3) is 0 Å². The highest BCUT2D eigenvalue weighted by Gasteiger charge is 2.16. The zero-order valence-electron chi connectivity index (χ0n) is 11.0. The molecule has 7 heteroatoms. The number of hydrogen-bond acceptors (Lipinski definition) is 5. The standard InChI is InChI=1S/C13H14N4O3/c1-8-3-4-11(15-6-8)16-7-10(5-14)12(18)17-9(2)13(19)20/h3-4,6-7,9H,1-2H3,(H,15,16)(H,17,18)(H,19,20)/b10-7-. The van der Waals surface area contributed by atoms with Gasteiger partial charge in [-0.1, -0.05) is 6.07 Å². The molecule has 0 fully saturated rings. The third kappa shape index (κ3) is 4.42. The maximum Gasteiger partial charge on any atom is 0.325 e. The van der Waals surface area contributed by atoms with Crippen LogP contribution in [0.15, 0.2) is 30.1 Å². The van der Waals surface area contributed by atoms with Crippen molar-refractivity contribution in [2.75, 3.05) is 5.32 Å². The highest BCUT2D eigenvalue weighted by Crippen LogP contribution is 2.05. The third-order valence-electron chi connectivity index (χ3n) is 2.36. The number of anilines is 1. The second-order valence-electron chi connectivity index (χ2n) is 4.07. The molecule has 3 N–H and O–H groups in total. The number of nitrogens with zero attached hydrogens (tertiary/aromatic N) is 2. The summed E-state index contributed by atoms with van der Waals surface area (Å²) in [5, 5.41) is 22.4. The molecule has 0 radical (unpaired) electrons. The molecule has 0 saturated carbocycles. The number of pyridine rings is 1. The van der Waals surface area contributed by atoms with Gasteiger partial charge in [-0.05, 0) is 25.5 Å². The Morgan fingerprint density at radius 1 is 1.50 bits per heavy atom. The number of carbonyl (C=O) groups is 2. The number of aryl methyl sites for hydroxylation is 1. The van der Waals surface area contributed by atoms with Gasteiger partial charge in [0.05, 0.1) is 0 Å². The smallest absolute Gasteiger partial charge is 0.325 e. The van der Waals surface area contributed by atoms with Crippen molar-refractivity contribution in [1.82, 2.24) is 10.3 Å². The molecule has 0 aromatic carbocycles. The van der Waals surface area contributed by atoms with Crippen molar-refractivity contribution in [2.24, 2.45) is 0 Å². The minimum atomic E-state index is -1.18. The molecule has 20 heavy (non-hydrogen) atoms. The summed E-state index contributed by atoms with van der Waals surface area (Å²) in [5.41, 5.74) is 0.744. The molecule has 1 aromatic heterocycles. The minimum absolute atomic E-state index is 0.236. The summed E-state index contributed by atoms with van der Waals surface area (Å²) in [6.07, 6.45) is 2.82. The Kier molecular flexibility index (Phi) is 5.23. The summed E-state index contributed by atoms with van der Waals surface area (Å²) in [5.74, 6) is -1.46. The van der Waals surface area contributed by atoms with Gasteiger partial charge in [0.15, 0.2) is 0 Å². The highest BCUT2D eigenvalue weighted by molar-refractivity contribution is 5.99. The van der Waals surface area contributed by atoms with Gasteiger partial charge in [0, 0.05) is 12.4 Å². The number of hydrogen-bond donors (Lipinski definition) is 3. The predicted molar refractivity (Wildman–Crippen MR) is 71.5 cm³/mol. The average Bonchev–Trinajstić information content (AvgIpc) is 2.41. The Balaban J connectivity index is 2.73. The van der Waals surface area contributed by atoms with Gasteiger partial charge in [0.25, 0.3) is 5.91 Å². The fraction of sp³-hybridized carbons (Fsp3) is 0.231. The van der Waals surface area contributed by atoms with Crippen molar-refractivity contribution in [2.45, 2.75) is 19.9 Å². The Morgan fingerprint density at radius 3 is 2.70 bits per heavy atom. The molecule has 104 valence electrons. The van der Waals surface area contributed by atoms with Crippen LogP contribution in [0.3, 0.4) is 0 Å². The monoisotopic (exact) mass is 274 g/mol. The number of aliphatic carboxylic acids is 1. The Bertz CT molecular complexity index is 572. The fourth-order valence-corrected chi connectivity index (χ4v) is 1.18. The maximum atomic E-state index is 11.6. The number of rotatable bonds is 5. The molecule has 1 rings (SSSR count). The maximum absolute atomic E-state index is 11.6. The van der Waals surface area contributed by atoms with Crippen LogP contribution in [0, 0.1) is 18.3 Å². The van der Waals surface area contributed by atoms with Gasteiger partial charge in [-0.15, -0.1) is 0 Å². The Labute approximate surface area is 115 Å².